The highest BCUT2D eigenvalue weighted by Gasteiger charge is 2.43. The maximum atomic E-state index is 13.3. The molecule has 3 aromatic rings. The molecule has 0 aliphatic carbocycles. The van der Waals surface area contributed by atoms with Crippen LogP contribution in [0.3, 0.4) is 0 Å². The fourth-order valence-electron chi connectivity index (χ4n) is 3.95. The molecule has 1 atom stereocenters. The van der Waals surface area contributed by atoms with E-state index in [9.17, 15) is 19.2 Å². The fourth-order valence-corrected chi connectivity index (χ4v) is 3.95. The molecule has 0 aromatic heterocycles. The van der Waals surface area contributed by atoms with Crippen molar-refractivity contribution < 1.29 is 24.0 Å². The molecule has 2 aliphatic heterocycles. The minimum atomic E-state index is -1.12. The van der Waals surface area contributed by atoms with Crippen molar-refractivity contribution in [3.05, 3.63) is 107 Å². The third kappa shape index (κ3) is 2.98. The third-order valence-electron chi connectivity index (χ3n) is 5.44. The van der Waals surface area contributed by atoms with Crippen LogP contribution in [0.15, 0.2) is 78.9 Å². The Hall–Kier alpha value is -4.26. The summed E-state index contributed by atoms with van der Waals surface area (Å²) in [5, 5.41) is 0.469. The maximum absolute atomic E-state index is 13.3. The van der Waals surface area contributed by atoms with Crippen LogP contribution < -0.4 is 0 Å². The van der Waals surface area contributed by atoms with Crippen molar-refractivity contribution in [3.63, 3.8) is 0 Å². The Morgan fingerprint density at radius 2 is 1.26 bits per heavy atom. The third-order valence-corrected chi connectivity index (χ3v) is 5.44. The van der Waals surface area contributed by atoms with Crippen molar-refractivity contribution in [2.45, 2.75) is 12.6 Å². The monoisotopic (exact) mass is 412 g/mol. The summed E-state index contributed by atoms with van der Waals surface area (Å²) in [5.74, 6) is -2.63. The van der Waals surface area contributed by atoms with Crippen molar-refractivity contribution >= 4 is 23.7 Å². The van der Waals surface area contributed by atoms with Crippen LogP contribution in [0.1, 0.15) is 48.2 Å². The largest absolute Gasteiger partial charge is 0.360 e. The quantitative estimate of drug-likeness (QED) is 0.615. The van der Waals surface area contributed by atoms with E-state index in [-0.39, 0.29) is 23.6 Å². The van der Waals surface area contributed by atoms with Crippen LogP contribution in [-0.2, 0) is 16.2 Å². The van der Waals surface area contributed by atoms with Gasteiger partial charge < -0.3 is 9.74 Å². The molecule has 0 spiro atoms. The molecule has 3 amide bonds. The van der Waals surface area contributed by atoms with Crippen LogP contribution in [0.25, 0.3) is 0 Å². The Morgan fingerprint density at radius 3 is 1.87 bits per heavy atom. The number of carbonyl (C=O) groups is 4. The van der Waals surface area contributed by atoms with Crippen LogP contribution in [-0.4, -0.2) is 33.7 Å². The van der Waals surface area contributed by atoms with Crippen LogP contribution in [0.4, 0.5) is 0 Å². The highest BCUT2D eigenvalue weighted by molar-refractivity contribution is 6.21. The maximum Gasteiger partial charge on any atom is 0.360 e. The van der Waals surface area contributed by atoms with Crippen molar-refractivity contribution in [2.24, 2.45) is 0 Å². The molecule has 2 heterocycles. The average Bonchev–Trinajstić information content (AvgIpc) is 3.25. The summed E-state index contributed by atoms with van der Waals surface area (Å²) in [6.45, 7) is 0.214. The molecule has 7 heteroatoms. The highest BCUT2D eigenvalue weighted by atomic mass is 16.7. The van der Waals surface area contributed by atoms with Gasteiger partial charge in [0.1, 0.15) is 0 Å². The molecule has 5 rings (SSSR count). The van der Waals surface area contributed by atoms with Gasteiger partial charge in [-0.3, -0.25) is 14.4 Å². The molecule has 152 valence electrons. The van der Waals surface area contributed by atoms with E-state index in [2.05, 4.69) is 0 Å². The second kappa shape index (κ2) is 7.21. The van der Waals surface area contributed by atoms with Gasteiger partial charge in [0.15, 0.2) is 6.04 Å². The summed E-state index contributed by atoms with van der Waals surface area (Å²) in [7, 11) is 0. The van der Waals surface area contributed by atoms with Gasteiger partial charge in [-0.25, -0.2) is 4.79 Å². The highest BCUT2D eigenvalue weighted by Crippen LogP contribution is 2.33. The predicted molar refractivity (Wildman–Crippen MR) is 109 cm³/mol. The van der Waals surface area contributed by atoms with Gasteiger partial charge in [-0.2, -0.15) is 0 Å². The van der Waals surface area contributed by atoms with Crippen LogP contribution in [0.2, 0.25) is 0 Å². The van der Waals surface area contributed by atoms with E-state index >= 15 is 0 Å². The Kier molecular flexibility index (Phi) is 4.36. The molecule has 2 aliphatic rings. The van der Waals surface area contributed by atoms with Gasteiger partial charge in [-0.05, 0) is 29.3 Å². The number of hydroxylamine groups is 2. The topological polar surface area (TPSA) is 84.0 Å². The lowest BCUT2D eigenvalue weighted by Crippen LogP contribution is -2.40. The summed E-state index contributed by atoms with van der Waals surface area (Å²) in [6.07, 6.45) is 0. The number of hydrogen-bond acceptors (Lipinski definition) is 5. The number of carbonyl (C=O) groups excluding carboxylic acids is 4. The molecule has 7 nitrogen and oxygen atoms in total. The number of rotatable bonds is 4. The predicted octanol–water partition coefficient (Wildman–Crippen LogP) is 3.14. The summed E-state index contributed by atoms with van der Waals surface area (Å²) in [4.78, 5) is 58.2. The lowest BCUT2D eigenvalue weighted by Gasteiger charge is -2.27. The molecule has 0 unspecified atom stereocenters. The first-order chi connectivity index (χ1) is 15.1. The molecule has 0 bridgehead atoms. The van der Waals surface area contributed by atoms with Gasteiger partial charge in [0.25, 0.3) is 17.7 Å². The van der Waals surface area contributed by atoms with Gasteiger partial charge >= 0.3 is 5.97 Å². The summed E-state index contributed by atoms with van der Waals surface area (Å²) in [5.41, 5.74) is 2.16. The van der Waals surface area contributed by atoms with E-state index < -0.39 is 23.8 Å². The minimum absolute atomic E-state index is 0.168. The number of benzene rings is 3. The molecule has 0 saturated carbocycles. The van der Waals surface area contributed by atoms with E-state index in [0.717, 1.165) is 5.56 Å². The Balaban J connectivity index is 1.48. The fraction of sp³-hybridized carbons (Fsp3) is 0.0833. The smallest absolute Gasteiger partial charge is 0.327 e. The Bertz CT molecular complexity index is 1200. The molecular weight excluding hydrogens is 396 g/mol. The van der Waals surface area contributed by atoms with E-state index in [1.807, 2.05) is 12.1 Å². The summed E-state index contributed by atoms with van der Waals surface area (Å²) in [6, 6.07) is 20.9. The summed E-state index contributed by atoms with van der Waals surface area (Å²) < 4.78 is 0. The second-order valence-electron chi connectivity index (χ2n) is 7.26. The Morgan fingerprint density at radius 1 is 0.710 bits per heavy atom. The van der Waals surface area contributed by atoms with Crippen molar-refractivity contribution in [2.75, 3.05) is 0 Å². The average molecular weight is 412 g/mol. The van der Waals surface area contributed by atoms with Crippen LogP contribution in [0.5, 0.6) is 0 Å². The normalized spacial score (nSPS) is 15.7. The van der Waals surface area contributed by atoms with E-state index in [1.165, 1.54) is 17.0 Å². The molecule has 31 heavy (non-hydrogen) atoms. The molecule has 3 aromatic carbocycles. The zero-order chi connectivity index (χ0) is 21.5. The molecule has 0 radical (unpaired) electrons. The van der Waals surface area contributed by atoms with Gasteiger partial charge in [-0.1, -0.05) is 65.7 Å². The zero-order valence-electron chi connectivity index (χ0n) is 16.2. The second-order valence-corrected chi connectivity index (χ2v) is 7.26. The van der Waals surface area contributed by atoms with Crippen molar-refractivity contribution in [1.29, 1.82) is 0 Å². The van der Waals surface area contributed by atoms with E-state index in [0.29, 0.717) is 16.2 Å². The van der Waals surface area contributed by atoms with Gasteiger partial charge in [-0.15, -0.1) is 0 Å². The lowest BCUT2D eigenvalue weighted by atomic mass is 10.1. The first-order valence-corrected chi connectivity index (χ1v) is 9.69. The SMILES string of the molecule is O=C(ON1C(=O)c2ccccc2C1=O)[C@@H](c1ccccc1)N1Cc2ccccc2C1=O. The van der Waals surface area contributed by atoms with Gasteiger partial charge in [0.05, 0.1) is 11.1 Å². The minimum Gasteiger partial charge on any atom is -0.327 e. The molecule has 0 fully saturated rings. The number of hydrogen-bond donors (Lipinski definition) is 0. The number of imide groups is 1. The molecule has 0 saturated heterocycles. The van der Waals surface area contributed by atoms with Crippen molar-refractivity contribution in [1.82, 2.24) is 9.96 Å². The van der Waals surface area contributed by atoms with E-state index in [4.69, 9.17) is 4.84 Å². The van der Waals surface area contributed by atoms with E-state index in [1.54, 1.807) is 54.6 Å². The molecule has 0 N–H and O–H groups in total. The molecular formula is C24H16N2O5. The van der Waals surface area contributed by atoms with Gasteiger partial charge in [0, 0.05) is 12.1 Å². The number of nitrogens with zero attached hydrogens (tertiary/aromatic N) is 2. The van der Waals surface area contributed by atoms with Crippen LogP contribution in [0, 0.1) is 0 Å². The van der Waals surface area contributed by atoms with Crippen molar-refractivity contribution in [3.8, 4) is 0 Å². The lowest BCUT2D eigenvalue weighted by molar-refractivity contribution is -0.174. The first-order valence-electron chi connectivity index (χ1n) is 9.69. The van der Waals surface area contributed by atoms with Gasteiger partial charge in [0.2, 0.25) is 0 Å². The standard InChI is InChI=1S/C24H16N2O5/c27-21-17-11-5-4-10-16(17)14-25(21)20(15-8-2-1-3-9-15)24(30)31-26-22(28)18-12-6-7-13-19(18)23(26)29/h1-13,20H,14H2/t20-/m1/s1. The zero-order valence-corrected chi connectivity index (χ0v) is 16.2. The van der Waals surface area contributed by atoms with Crippen LogP contribution >= 0.6 is 0 Å². The first kappa shape index (κ1) is 18.7. The number of fused-ring (bicyclic) bond motifs is 2. The number of amides is 3. The Labute approximate surface area is 177 Å². The summed E-state index contributed by atoms with van der Waals surface area (Å²) >= 11 is 0.